The molecule has 5 nitrogen and oxygen atoms in total. The Hall–Kier alpha value is -0.950. The van der Waals surface area contributed by atoms with Gasteiger partial charge in [0, 0.05) is 19.1 Å². The van der Waals surface area contributed by atoms with E-state index in [-0.39, 0.29) is 17.5 Å². The Balaban J connectivity index is 2.31. The fourth-order valence-corrected chi connectivity index (χ4v) is 4.01. The molecule has 0 aliphatic carbocycles. The van der Waals surface area contributed by atoms with Gasteiger partial charge in [-0.05, 0) is 37.5 Å². The maximum atomic E-state index is 12.6. The maximum absolute atomic E-state index is 12.6. The molecule has 1 saturated heterocycles. The van der Waals surface area contributed by atoms with Crippen molar-refractivity contribution in [3.63, 3.8) is 0 Å². The number of rotatable bonds is 4. The molecule has 0 spiro atoms. The second-order valence-corrected chi connectivity index (χ2v) is 7.61. The van der Waals surface area contributed by atoms with E-state index < -0.39 is 15.6 Å². The summed E-state index contributed by atoms with van der Waals surface area (Å²) in [6.45, 7) is 4.11. The molecule has 2 unspecified atom stereocenters. The standard InChI is InChI=1S/C14H22N2O3S/c1-3-13(15)11-5-4-6-12(9-11)20(18,19)16-8-7-14(2,17)10-16/h4-6,9,13,17H,3,7-8,10,15H2,1-2H3. The summed E-state index contributed by atoms with van der Waals surface area (Å²) in [5, 5.41) is 9.93. The van der Waals surface area contributed by atoms with Crippen LogP contribution in [0.5, 0.6) is 0 Å². The SMILES string of the molecule is CCC(N)c1cccc(S(=O)(=O)N2CCC(C)(O)C2)c1. The van der Waals surface area contributed by atoms with Crippen LogP contribution in [0.4, 0.5) is 0 Å². The van der Waals surface area contributed by atoms with E-state index in [2.05, 4.69) is 0 Å². The fraction of sp³-hybridized carbons (Fsp3) is 0.571. The Bertz CT molecular complexity index is 584. The summed E-state index contributed by atoms with van der Waals surface area (Å²) in [5.74, 6) is 0. The van der Waals surface area contributed by atoms with Crippen molar-refractivity contribution in [3.8, 4) is 0 Å². The van der Waals surface area contributed by atoms with Gasteiger partial charge in [-0.15, -0.1) is 0 Å². The van der Waals surface area contributed by atoms with E-state index in [4.69, 9.17) is 5.73 Å². The molecule has 1 aromatic carbocycles. The van der Waals surface area contributed by atoms with Gasteiger partial charge in [-0.2, -0.15) is 4.31 Å². The van der Waals surface area contributed by atoms with Crippen molar-refractivity contribution >= 4 is 10.0 Å². The molecular formula is C14H22N2O3S. The largest absolute Gasteiger partial charge is 0.389 e. The third-order valence-electron chi connectivity index (χ3n) is 3.78. The van der Waals surface area contributed by atoms with Crippen LogP contribution in [-0.4, -0.2) is 36.5 Å². The second kappa shape index (κ2) is 5.44. The summed E-state index contributed by atoms with van der Waals surface area (Å²) >= 11 is 0. The number of nitrogens with two attached hydrogens (primary N) is 1. The zero-order valence-electron chi connectivity index (χ0n) is 11.9. The number of hydrogen-bond acceptors (Lipinski definition) is 4. The molecule has 0 amide bonds. The molecule has 2 rings (SSSR count). The molecule has 0 saturated carbocycles. The van der Waals surface area contributed by atoms with Crippen LogP contribution in [0.25, 0.3) is 0 Å². The third-order valence-corrected chi connectivity index (χ3v) is 5.62. The highest BCUT2D eigenvalue weighted by Gasteiger charge is 2.38. The number of β-amino-alcohol motifs (C(OH)–C–C–N with tert-alkyl or cyclic N) is 1. The molecule has 0 aromatic heterocycles. The van der Waals surface area contributed by atoms with Crippen molar-refractivity contribution in [1.82, 2.24) is 4.31 Å². The van der Waals surface area contributed by atoms with Gasteiger partial charge in [0.2, 0.25) is 10.0 Å². The third kappa shape index (κ3) is 3.03. The van der Waals surface area contributed by atoms with Gasteiger partial charge in [-0.1, -0.05) is 19.1 Å². The van der Waals surface area contributed by atoms with Gasteiger partial charge in [0.05, 0.1) is 10.5 Å². The Morgan fingerprint density at radius 3 is 2.75 bits per heavy atom. The van der Waals surface area contributed by atoms with E-state index >= 15 is 0 Å². The van der Waals surface area contributed by atoms with Gasteiger partial charge < -0.3 is 10.8 Å². The molecule has 0 radical (unpaired) electrons. The summed E-state index contributed by atoms with van der Waals surface area (Å²) in [5.41, 5.74) is 5.83. The topological polar surface area (TPSA) is 83.6 Å². The van der Waals surface area contributed by atoms with Crippen molar-refractivity contribution in [2.24, 2.45) is 5.73 Å². The van der Waals surface area contributed by atoms with E-state index in [1.807, 2.05) is 13.0 Å². The number of sulfonamides is 1. The molecule has 1 aliphatic heterocycles. The molecule has 1 fully saturated rings. The molecule has 3 N–H and O–H groups in total. The van der Waals surface area contributed by atoms with Crippen LogP contribution < -0.4 is 5.73 Å². The summed E-state index contributed by atoms with van der Waals surface area (Å²) in [6, 6.07) is 6.61. The first-order valence-corrected chi connectivity index (χ1v) is 8.28. The minimum Gasteiger partial charge on any atom is -0.389 e. The molecule has 1 heterocycles. The van der Waals surface area contributed by atoms with Gasteiger partial charge in [0.1, 0.15) is 0 Å². The summed E-state index contributed by atoms with van der Waals surface area (Å²) in [6.07, 6.45) is 1.21. The lowest BCUT2D eigenvalue weighted by molar-refractivity contribution is 0.0762. The van der Waals surface area contributed by atoms with E-state index in [1.54, 1.807) is 25.1 Å². The van der Waals surface area contributed by atoms with Crippen LogP contribution >= 0.6 is 0 Å². The van der Waals surface area contributed by atoms with E-state index in [0.29, 0.717) is 13.0 Å². The Morgan fingerprint density at radius 2 is 2.20 bits per heavy atom. The van der Waals surface area contributed by atoms with Crippen LogP contribution in [0.2, 0.25) is 0 Å². The zero-order valence-corrected chi connectivity index (χ0v) is 12.7. The molecule has 1 aromatic rings. The molecule has 6 heteroatoms. The van der Waals surface area contributed by atoms with E-state index in [9.17, 15) is 13.5 Å². The summed E-state index contributed by atoms with van der Waals surface area (Å²) in [4.78, 5) is 0.247. The zero-order chi connectivity index (χ0) is 15.0. The van der Waals surface area contributed by atoms with Gasteiger partial charge in [-0.3, -0.25) is 0 Å². The first-order valence-electron chi connectivity index (χ1n) is 6.84. The number of nitrogens with zero attached hydrogens (tertiary/aromatic N) is 1. The fourth-order valence-electron chi connectivity index (χ4n) is 2.40. The lowest BCUT2D eigenvalue weighted by Gasteiger charge is -2.19. The van der Waals surface area contributed by atoms with Gasteiger partial charge >= 0.3 is 0 Å². The number of benzene rings is 1. The first kappa shape index (κ1) is 15.4. The van der Waals surface area contributed by atoms with Crippen LogP contribution in [0, 0.1) is 0 Å². The van der Waals surface area contributed by atoms with Crippen LogP contribution in [0.15, 0.2) is 29.2 Å². The average Bonchev–Trinajstić information content (AvgIpc) is 2.79. The van der Waals surface area contributed by atoms with E-state index in [0.717, 1.165) is 12.0 Å². The van der Waals surface area contributed by atoms with Gasteiger partial charge in [0.25, 0.3) is 0 Å². The summed E-state index contributed by atoms with van der Waals surface area (Å²) in [7, 11) is -3.56. The van der Waals surface area contributed by atoms with Gasteiger partial charge in [0.15, 0.2) is 0 Å². The Morgan fingerprint density at radius 1 is 1.50 bits per heavy atom. The van der Waals surface area contributed by atoms with Crippen molar-refractivity contribution < 1.29 is 13.5 Å². The Labute approximate surface area is 120 Å². The monoisotopic (exact) mass is 298 g/mol. The van der Waals surface area contributed by atoms with Gasteiger partial charge in [-0.25, -0.2) is 8.42 Å². The normalized spacial score (nSPS) is 25.8. The van der Waals surface area contributed by atoms with Crippen LogP contribution in [0.1, 0.15) is 38.3 Å². The molecule has 112 valence electrons. The smallest absolute Gasteiger partial charge is 0.243 e. The average molecular weight is 298 g/mol. The van der Waals surface area contributed by atoms with Crippen molar-refractivity contribution in [2.75, 3.05) is 13.1 Å². The quantitative estimate of drug-likeness (QED) is 0.876. The van der Waals surface area contributed by atoms with Crippen molar-refractivity contribution in [3.05, 3.63) is 29.8 Å². The molecule has 0 bridgehead atoms. The lowest BCUT2D eigenvalue weighted by atomic mass is 10.1. The first-order chi connectivity index (χ1) is 9.26. The lowest BCUT2D eigenvalue weighted by Crippen LogP contribution is -2.34. The predicted octanol–water partition coefficient (Wildman–Crippen LogP) is 1.24. The van der Waals surface area contributed by atoms with E-state index in [1.165, 1.54) is 4.31 Å². The predicted molar refractivity (Wildman–Crippen MR) is 77.7 cm³/mol. The molecule has 20 heavy (non-hydrogen) atoms. The van der Waals surface area contributed by atoms with Crippen LogP contribution in [0.3, 0.4) is 0 Å². The molecule has 2 atom stereocenters. The number of hydrogen-bond donors (Lipinski definition) is 2. The number of aliphatic hydroxyl groups is 1. The second-order valence-electron chi connectivity index (χ2n) is 5.67. The maximum Gasteiger partial charge on any atom is 0.243 e. The Kier molecular flexibility index (Phi) is 4.20. The molecular weight excluding hydrogens is 276 g/mol. The van der Waals surface area contributed by atoms with Crippen LogP contribution in [-0.2, 0) is 10.0 Å². The highest BCUT2D eigenvalue weighted by atomic mass is 32.2. The highest BCUT2D eigenvalue weighted by molar-refractivity contribution is 7.89. The minimum atomic E-state index is -3.56. The van der Waals surface area contributed by atoms with Crippen molar-refractivity contribution in [1.29, 1.82) is 0 Å². The minimum absolute atomic E-state index is 0.138. The molecule has 1 aliphatic rings. The van der Waals surface area contributed by atoms with Crippen molar-refractivity contribution in [2.45, 2.75) is 43.2 Å². The highest BCUT2D eigenvalue weighted by Crippen LogP contribution is 2.28. The summed E-state index contributed by atoms with van der Waals surface area (Å²) < 4.78 is 26.5.